The lowest BCUT2D eigenvalue weighted by molar-refractivity contribution is -0.138. The Morgan fingerprint density at radius 1 is 1.29 bits per heavy atom. The lowest BCUT2D eigenvalue weighted by atomic mass is 9.90. The summed E-state index contributed by atoms with van der Waals surface area (Å²) in [7, 11) is 0. The minimum atomic E-state index is -4.34. The molecule has 9 heteroatoms. The van der Waals surface area contributed by atoms with Gasteiger partial charge in [0.25, 0.3) is 0 Å². The van der Waals surface area contributed by atoms with Crippen molar-refractivity contribution in [3.05, 3.63) is 41.2 Å². The maximum atomic E-state index is 13.1. The zero-order valence-electron chi connectivity index (χ0n) is 15.5. The molecule has 2 heterocycles. The van der Waals surface area contributed by atoms with Gasteiger partial charge in [-0.3, -0.25) is 9.89 Å². The Morgan fingerprint density at radius 2 is 2.07 bits per heavy atom. The fourth-order valence-electron chi connectivity index (χ4n) is 3.71. The highest BCUT2D eigenvalue weighted by Gasteiger charge is 2.33. The van der Waals surface area contributed by atoms with Gasteiger partial charge in [0.05, 0.1) is 5.56 Å². The van der Waals surface area contributed by atoms with Gasteiger partial charge in [0.1, 0.15) is 5.82 Å². The van der Waals surface area contributed by atoms with E-state index < -0.39 is 11.7 Å². The number of anilines is 1. The number of likely N-dealkylation sites (tertiary alicyclic amines) is 1. The smallest absolute Gasteiger partial charge is 0.367 e. The number of benzene rings is 1. The largest absolute Gasteiger partial charge is 0.416 e. The summed E-state index contributed by atoms with van der Waals surface area (Å²) in [6, 6.07) is 5.72. The number of nitrogens with one attached hydrogen (secondary N) is 1. The van der Waals surface area contributed by atoms with E-state index >= 15 is 0 Å². The number of carbonyl (C=O) groups excluding carboxylic acids is 1. The fourth-order valence-corrected chi connectivity index (χ4v) is 3.71. The molecule has 1 unspecified atom stereocenters. The molecule has 1 fully saturated rings. The Bertz CT molecular complexity index is 805. The molecule has 0 spiro atoms. The lowest BCUT2D eigenvalue weighted by Crippen LogP contribution is -2.40. The number of rotatable bonds is 6. The van der Waals surface area contributed by atoms with Crippen molar-refractivity contribution in [2.24, 2.45) is 5.92 Å². The molecule has 0 saturated carbocycles. The number of aromatic amines is 1. The number of alkyl halides is 3. The van der Waals surface area contributed by atoms with Crippen LogP contribution in [0.1, 0.15) is 42.6 Å². The van der Waals surface area contributed by atoms with E-state index in [1.807, 2.05) is 4.90 Å². The van der Waals surface area contributed by atoms with Gasteiger partial charge in [-0.25, -0.2) is 0 Å². The maximum absolute atomic E-state index is 13.1. The van der Waals surface area contributed by atoms with Crippen LogP contribution in [0.15, 0.2) is 24.3 Å². The fraction of sp³-hybridized carbons (Fsp3) is 0.526. The summed E-state index contributed by atoms with van der Waals surface area (Å²) in [6.07, 6.45) is -0.810. The predicted molar refractivity (Wildman–Crippen MR) is 98.2 cm³/mol. The average molecular weight is 395 g/mol. The van der Waals surface area contributed by atoms with E-state index in [1.54, 1.807) is 6.07 Å². The Kier molecular flexibility index (Phi) is 6.21. The summed E-state index contributed by atoms with van der Waals surface area (Å²) in [6.45, 7) is 1.28. The van der Waals surface area contributed by atoms with E-state index in [9.17, 15) is 18.0 Å². The van der Waals surface area contributed by atoms with Crippen molar-refractivity contribution in [1.82, 2.24) is 20.1 Å². The summed E-state index contributed by atoms with van der Waals surface area (Å²) < 4.78 is 39.4. The minimum Gasteiger partial charge on any atom is -0.367 e. The standard InChI is InChI=1S/C19H24F3N5O/c20-19(21,22)15-6-2-1-5-14(15)8-7-13-4-3-11-27(12-13)17(28)10-9-16-24-18(23)26-25-16/h1-2,5-6,13H,3-4,7-12H2,(H3,23,24,25,26). The molecule has 28 heavy (non-hydrogen) atoms. The Morgan fingerprint density at radius 3 is 2.79 bits per heavy atom. The van der Waals surface area contributed by atoms with E-state index in [1.165, 1.54) is 12.1 Å². The van der Waals surface area contributed by atoms with Crippen LogP contribution >= 0.6 is 0 Å². The molecule has 0 aliphatic carbocycles. The molecule has 1 aliphatic heterocycles. The molecule has 1 aliphatic rings. The minimum absolute atomic E-state index is 0.0235. The van der Waals surface area contributed by atoms with Crippen molar-refractivity contribution in [2.45, 2.75) is 44.7 Å². The molecular formula is C19H24F3N5O. The number of aryl methyl sites for hydroxylation is 2. The Balaban J connectivity index is 1.52. The predicted octanol–water partition coefficient (Wildman–Crippen LogP) is 3.21. The Labute approximate surface area is 161 Å². The molecule has 1 saturated heterocycles. The molecule has 3 N–H and O–H groups in total. The van der Waals surface area contributed by atoms with Crippen LogP contribution in [-0.4, -0.2) is 39.1 Å². The van der Waals surface area contributed by atoms with Crippen molar-refractivity contribution in [3.8, 4) is 0 Å². The van der Waals surface area contributed by atoms with Gasteiger partial charge < -0.3 is 10.6 Å². The van der Waals surface area contributed by atoms with Crippen LogP contribution in [0.2, 0.25) is 0 Å². The van der Waals surface area contributed by atoms with Crippen LogP contribution in [-0.2, 0) is 23.8 Å². The number of H-pyrrole nitrogens is 1. The van der Waals surface area contributed by atoms with E-state index in [2.05, 4.69) is 15.2 Å². The van der Waals surface area contributed by atoms with Crippen LogP contribution < -0.4 is 5.73 Å². The molecule has 2 aromatic rings. The number of amides is 1. The molecule has 1 aromatic heterocycles. The van der Waals surface area contributed by atoms with E-state index in [0.29, 0.717) is 50.2 Å². The summed E-state index contributed by atoms with van der Waals surface area (Å²) >= 11 is 0. The highest BCUT2D eigenvalue weighted by molar-refractivity contribution is 5.76. The number of nitrogens with two attached hydrogens (primary N) is 1. The first-order chi connectivity index (χ1) is 13.3. The molecule has 0 bridgehead atoms. The summed E-state index contributed by atoms with van der Waals surface area (Å²) in [5.74, 6) is 0.957. The number of halogens is 3. The van der Waals surface area contributed by atoms with Gasteiger partial charge in [-0.2, -0.15) is 18.2 Å². The highest BCUT2D eigenvalue weighted by Crippen LogP contribution is 2.33. The van der Waals surface area contributed by atoms with Crippen molar-refractivity contribution in [1.29, 1.82) is 0 Å². The summed E-state index contributed by atoms with van der Waals surface area (Å²) in [4.78, 5) is 18.3. The van der Waals surface area contributed by atoms with Gasteiger partial charge in [0.2, 0.25) is 11.9 Å². The highest BCUT2D eigenvalue weighted by atomic mass is 19.4. The topological polar surface area (TPSA) is 87.9 Å². The van der Waals surface area contributed by atoms with Crippen molar-refractivity contribution >= 4 is 11.9 Å². The van der Waals surface area contributed by atoms with Gasteiger partial charge in [-0.05, 0) is 43.2 Å². The average Bonchev–Trinajstić information content (AvgIpc) is 3.09. The summed E-state index contributed by atoms with van der Waals surface area (Å²) in [5.41, 5.74) is 5.20. The van der Waals surface area contributed by atoms with Gasteiger partial charge >= 0.3 is 6.18 Å². The number of nitrogens with zero attached hydrogens (tertiary/aromatic N) is 3. The van der Waals surface area contributed by atoms with Crippen molar-refractivity contribution in [3.63, 3.8) is 0 Å². The van der Waals surface area contributed by atoms with Gasteiger partial charge in [-0.15, -0.1) is 5.10 Å². The summed E-state index contributed by atoms with van der Waals surface area (Å²) in [5, 5.41) is 6.41. The number of aromatic nitrogens is 3. The second-order valence-corrected chi connectivity index (χ2v) is 7.18. The molecule has 1 amide bonds. The first-order valence-electron chi connectivity index (χ1n) is 9.42. The zero-order valence-corrected chi connectivity index (χ0v) is 15.5. The van der Waals surface area contributed by atoms with Crippen LogP contribution in [0, 0.1) is 5.92 Å². The molecule has 3 rings (SSSR count). The number of nitrogen functional groups attached to an aromatic ring is 1. The first-order valence-corrected chi connectivity index (χ1v) is 9.42. The van der Waals surface area contributed by atoms with Gasteiger partial charge in [0.15, 0.2) is 0 Å². The van der Waals surface area contributed by atoms with Gasteiger partial charge in [-0.1, -0.05) is 18.2 Å². The van der Waals surface area contributed by atoms with E-state index in [4.69, 9.17) is 5.73 Å². The van der Waals surface area contributed by atoms with Crippen LogP contribution in [0.25, 0.3) is 0 Å². The van der Waals surface area contributed by atoms with E-state index in [-0.39, 0.29) is 17.8 Å². The third-order valence-corrected chi connectivity index (χ3v) is 5.14. The first kappa shape index (κ1) is 20.2. The number of carbonyl (C=O) groups is 1. The van der Waals surface area contributed by atoms with Crippen molar-refractivity contribution < 1.29 is 18.0 Å². The molecule has 6 nitrogen and oxygen atoms in total. The zero-order chi connectivity index (χ0) is 20.1. The van der Waals surface area contributed by atoms with Crippen LogP contribution in [0.3, 0.4) is 0 Å². The Hall–Kier alpha value is -2.58. The molecule has 0 radical (unpaired) electrons. The normalized spacial score (nSPS) is 17.7. The second kappa shape index (κ2) is 8.62. The SMILES string of the molecule is Nc1n[nH]c(CCC(=O)N2CCCC(CCc3ccccc3C(F)(F)F)C2)n1. The molecule has 152 valence electrons. The third-order valence-electron chi connectivity index (χ3n) is 5.14. The quantitative estimate of drug-likeness (QED) is 0.786. The molecule has 1 atom stereocenters. The van der Waals surface area contributed by atoms with Crippen LogP contribution in [0.5, 0.6) is 0 Å². The van der Waals surface area contributed by atoms with E-state index in [0.717, 1.165) is 18.9 Å². The second-order valence-electron chi connectivity index (χ2n) is 7.18. The lowest BCUT2D eigenvalue weighted by Gasteiger charge is -2.33. The third kappa shape index (κ3) is 5.24. The number of piperidine rings is 1. The number of hydrogen-bond acceptors (Lipinski definition) is 4. The molecular weight excluding hydrogens is 371 g/mol. The molecule has 1 aromatic carbocycles. The van der Waals surface area contributed by atoms with Gasteiger partial charge in [0, 0.05) is 25.9 Å². The number of hydrogen-bond donors (Lipinski definition) is 2. The van der Waals surface area contributed by atoms with Crippen LogP contribution in [0.4, 0.5) is 19.1 Å². The monoisotopic (exact) mass is 395 g/mol. The maximum Gasteiger partial charge on any atom is 0.416 e. The van der Waals surface area contributed by atoms with Crippen molar-refractivity contribution in [2.75, 3.05) is 18.8 Å².